The van der Waals surface area contributed by atoms with E-state index in [4.69, 9.17) is 0 Å². The minimum atomic E-state index is 0.172. The van der Waals surface area contributed by atoms with E-state index >= 15 is 0 Å². The molecule has 0 heteroatoms. The van der Waals surface area contributed by atoms with Gasteiger partial charge >= 0.3 is 0 Å². The molecular weight excluding hydrogens is 240 g/mol. The first kappa shape index (κ1) is 12.0. The molecule has 2 aliphatic rings. The third-order valence-corrected chi connectivity index (χ3v) is 4.87. The van der Waals surface area contributed by atoms with Crippen LogP contribution in [0.5, 0.6) is 0 Å². The van der Waals surface area contributed by atoms with Crippen LogP contribution < -0.4 is 0 Å². The number of hydrogen-bond acceptors (Lipinski definition) is 0. The van der Waals surface area contributed by atoms with Gasteiger partial charge in [-0.3, -0.25) is 0 Å². The summed E-state index contributed by atoms with van der Waals surface area (Å²) >= 11 is 0. The van der Waals surface area contributed by atoms with E-state index in [1.165, 1.54) is 35.1 Å². The van der Waals surface area contributed by atoms with Crippen molar-refractivity contribution < 1.29 is 0 Å². The Morgan fingerprint density at radius 3 is 2.60 bits per heavy atom. The van der Waals surface area contributed by atoms with Crippen LogP contribution in [0.25, 0.3) is 11.1 Å². The van der Waals surface area contributed by atoms with Gasteiger partial charge < -0.3 is 0 Å². The lowest BCUT2D eigenvalue weighted by molar-refractivity contribution is 0.635. The van der Waals surface area contributed by atoms with Crippen LogP contribution in [0.15, 0.2) is 48.6 Å². The number of fused-ring (bicyclic) bond motifs is 5. The van der Waals surface area contributed by atoms with Gasteiger partial charge in [0.15, 0.2) is 0 Å². The van der Waals surface area contributed by atoms with Gasteiger partial charge in [0.2, 0.25) is 0 Å². The average molecular weight is 260 g/mol. The van der Waals surface area contributed by atoms with Gasteiger partial charge in [0.25, 0.3) is 0 Å². The number of benzene rings is 2. The van der Waals surface area contributed by atoms with Crippen molar-refractivity contribution in [1.29, 1.82) is 0 Å². The van der Waals surface area contributed by atoms with Crippen LogP contribution >= 0.6 is 0 Å². The largest absolute Gasteiger partial charge is 0.0833 e. The second-order valence-corrected chi connectivity index (χ2v) is 6.61. The van der Waals surface area contributed by atoms with Crippen molar-refractivity contribution >= 4 is 0 Å². The monoisotopic (exact) mass is 260 g/mol. The Morgan fingerprint density at radius 1 is 0.850 bits per heavy atom. The van der Waals surface area contributed by atoms with E-state index in [2.05, 4.69) is 62.4 Å². The first-order valence-electron chi connectivity index (χ1n) is 7.58. The molecule has 0 heterocycles. The quantitative estimate of drug-likeness (QED) is 0.594. The molecule has 4 rings (SSSR count). The molecule has 2 aromatic rings. The fourth-order valence-corrected chi connectivity index (χ4v) is 4.01. The molecule has 0 saturated heterocycles. The van der Waals surface area contributed by atoms with Crippen molar-refractivity contribution in [2.45, 2.75) is 38.5 Å². The molecule has 0 amide bonds. The maximum absolute atomic E-state index is 2.39. The van der Waals surface area contributed by atoms with Crippen molar-refractivity contribution in [3.05, 3.63) is 70.8 Å². The minimum absolute atomic E-state index is 0.172. The fraction of sp³-hybridized carbons (Fsp3) is 0.300. The molecule has 100 valence electrons. The lowest BCUT2D eigenvalue weighted by Gasteiger charge is -2.34. The zero-order valence-electron chi connectivity index (χ0n) is 12.2. The van der Waals surface area contributed by atoms with Gasteiger partial charge in [-0.2, -0.15) is 0 Å². The van der Waals surface area contributed by atoms with Crippen molar-refractivity contribution in [1.82, 2.24) is 0 Å². The van der Waals surface area contributed by atoms with Crippen LogP contribution in [0.3, 0.4) is 0 Å². The first-order chi connectivity index (χ1) is 9.67. The highest BCUT2D eigenvalue weighted by molar-refractivity contribution is 5.76. The molecule has 0 unspecified atom stereocenters. The molecular formula is C20H20. The summed E-state index contributed by atoms with van der Waals surface area (Å²) in [5.41, 5.74) is 9.30. The van der Waals surface area contributed by atoms with Gasteiger partial charge in [0.05, 0.1) is 0 Å². The van der Waals surface area contributed by atoms with Crippen molar-refractivity contribution in [2.24, 2.45) is 0 Å². The van der Waals surface area contributed by atoms with Gasteiger partial charge in [-0.05, 0) is 52.6 Å². The SMILES string of the molecule is CC1(C)C=CCc2ccc3c(c21)CCc1ccccc1-3. The molecule has 0 spiro atoms. The van der Waals surface area contributed by atoms with Crippen LogP contribution in [0, 0.1) is 0 Å². The predicted molar refractivity (Wildman–Crippen MR) is 85.2 cm³/mol. The normalized spacial score (nSPS) is 18.1. The molecule has 20 heavy (non-hydrogen) atoms. The number of rotatable bonds is 0. The second-order valence-electron chi connectivity index (χ2n) is 6.61. The highest BCUT2D eigenvalue weighted by Crippen LogP contribution is 2.42. The molecule has 0 nitrogen and oxygen atoms in total. The van der Waals surface area contributed by atoms with E-state index in [1.54, 1.807) is 11.1 Å². The standard InChI is InChI=1S/C20H20/c1-20(2)13-5-7-15-10-11-17-16-8-4-3-6-14(16)9-12-18(17)19(15)20/h3-6,8,10-11,13H,7,9,12H2,1-2H3. The average Bonchev–Trinajstić information content (AvgIpc) is 2.46. The van der Waals surface area contributed by atoms with Crippen molar-refractivity contribution in [3.63, 3.8) is 0 Å². The first-order valence-corrected chi connectivity index (χ1v) is 7.58. The molecule has 0 radical (unpaired) electrons. The molecule has 0 bridgehead atoms. The Morgan fingerprint density at radius 2 is 1.70 bits per heavy atom. The summed E-state index contributed by atoms with van der Waals surface area (Å²) in [6.07, 6.45) is 8.17. The number of hydrogen-bond donors (Lipinski definition) is 0. The zero-order chi connectivity index (χ0) is 13.7. The van der Waals surface area contributed by atoms with E-state index in [1.807, 2.05) is 0 Å². The van der Waals surface area contributed by atoms with Crippen molar-refractivity contribution in [2.75, 3.05) is 0 Å². The molecule has 0 atom stereocenters. The Labute approximate surface area is 121 Å². The van der Waals surface area contributed by atoms with Gasteiger partial charge in [-0.1, -0.05) is 62.4 Å². The number of aryl methyl sites for hydroxylation is 1. The summed E-state index contributed by atoms with van der Waals surface area (Å²) in [6, 6.07) is 13.6. The molecule has 0 aliphatic heterocycles. The van der Waals surface area contributed by atoms with Gasteiger partial charge in [0.1, 0.15) is 0 Å². The van der Waals surface area contributed by atoms with Gasteiger partial charge in [0, 0.05) is 5.41 Å². The lowest BCUT2D eigenvalue weighted by atomic mass is 9.70. The number of allylic oxidation sites excluding steroid dienone is 2. The molecule has 0 saturated carbocycles. The zero-order valence-corrected chi connectivity index (χ0v) is 12.2. The molecule has 2 aliphatic carbocycles. The second kappa shape index (κ2) is 4.09. The highest BCUT2D eigenvalue weighted by Gasteiger charge is 2.29. The van der Waals surface area contributed by atoms with Crippen LogP contribution in [0.1, 0.15) is 36.1 Å². The molecule has 0 aromatic heterocycles. The summed E-state index contributed by atoms with van der Waals surface area (Å²) in [5, 5.41) is 0. The Bertz CT molecular complexity index is 717. The molecule has 0 fully saturated rings. The molecule has 2 aromatic carbocycles. The van der Waals surface area contributed by atoms with Crippen LogP contribution in [-0.2, 0) is 24.7 Å². The van der Waals surface area contributed by atoms with E-state index < -0.39 is 0 Å². The predicted octanol–water partition coefficient (Wildman–Crippen LogP) is 4.84. The Hall–Kier alpha value is -1.82. The smallest absolute Gasteiger partial charge is 0.00812 e. The summed E-state index contributed by atoms with van der Waals surface area (Å²) in [5.74, 6) is 0. The topological polar surface area (TPSA) is 0 Å². The van der Waals surface area contributed by atoms with Crippen LogP contribution in [0.2, 0.25) is 0 Å². The third-order valence-electron chi connectivity index (χ3n) is 4.87. The fourth-order valence-electron chi connectivity index (χ4n) is 4.01. The summed E-state index contributed by atoms with van der Waals surface area (Å²) in [4.78, 5) is 0. The van der Waals surface area contributed by atoms with E-state index in [0.717, 1.165) is 6.42 Å². The lowest BCUT2D eigenvalue weighted by Crippen LogP contribution is -2.23. The van der Waals surface area contributed by atoms with Crippen LogP contribution in [-0.4, -0.2) is 0 Å². The Balaban J connectivity index is 2.01. The van der Waals surface area contributed by atoms with Gasteiger partial charge in [-0.15, -0.1) is 0 Å². The molecule has 0 N–H and O–H groups in total. The Kier molecular flexibility index (Phi) is 2.44. The maximum atomic E-state index is 2.39. The summed E-state index contributed by atoms with van der Waals surface area (Å²) < 4.78 is 0. The van der Waals surface area contributed by atoms with Crippen molar-refractivity contribution in [3.8, 4) is 11.1 Å². The van der Waals surface area contributed by atoms with E-state index in [0.29, 0.717) is 0 Å². The van der Waals surface area contributed by atoms with E-state index in [-0.39, 0.29) is 5.41 Å². The summed E-state index contributed by atoms with van der Waals surface area (Å²) in [7, 11) is 0. The van der Waals surface area contributed by atoms with Gasteiger partial charge in [-0.25, -0.2) is 0 Å². The summed E-state index contributed by atoms with van der Waals surface area (Å²) in [6.45, 7) is 4.70. The third kappa shape index (κ3) is 1.61. The van der Waals surface area contributed by atoms with Crippen LogP contribution in [0.4, 0.5) is 0 Å². The maximum Gasteiger partial charge on any atom is 0.00812 e. The minimum Gasteiger partial charge on any atom is -0.0833 e. The highest BCUT2D eigenvalue weighted by atomic mass is 14.3. The van der Waals surface area contributed by atoms with E-state index in [9.17, 15) is 0 Å².